The van der Waals surface area contributed by atoms with Gasteiger partial charge < -0.3 is 5.32 Å². The first-order valence-electron chi connectivity index (χ1n) is 8.00. The second-order valence-corrected chi connectivity index (χ2v) is 6.43. The van der Waals surface area contributed by atoms with E-state index in [2.05, 4.69) is 10.3 Å². The molecule has 0 aromatic carbocycles. The van der Waals surface area contributed by atoms with Gasteiger partial charge in [-0.1, -0.05) is 0 Å². The summed E-state index contributed by atoms with van der Waals surface area (Å²) in [5.41, 5.74) is 2.03. The molecule has 2 rings (SSSR count). The molecule has 1 N–H and O–H groups in total. The molecule has 0 spiro atoms. The summed E-state index contributed by atoms with van der Waals surface area (Å²) < 4.78 is 2.47. The van der Waals surface area contributed by atoms with Gasteiger partial charge in [0.25, 0.3) is 5.56 Å². The highest BCUT2D eigenvalue weighted by molar-refractivity contribution is 5.80. The van der Waals surface area contributed by atoms with Gasteiger partial charge in [-0.3, -0.25) is 18.7 Å². The highest BCUT2D eigenvalue weighted by atomic mass is 16.2. The summed E-state index contributed by atoms with van der Waals surface area (Å²) in [5, 5.41) is 3.29. The molecule has 7 nitrogen and oxygen atoms in total. The SMILES string of the molecule is Cc1nc2c(c(C)c1CCC(=O)NC(C)C)c(=O)n(C)c(=O)n2C. The van der Waals surface area contributed by atoms with Crippen molar-refractivity contribution in [3.63, 3.8) is 0 Å². The van der Waals surface area contributed by atoms with Gasteiger partial charge in [0.05, 0.1) is 5.39 Å². The Labute approximate surface area is 140 Å². The quantitative estimate of drug-likeness (QED) is 0.893. The fraction of sp³-hybridized carbons (Fsp3) is 0.529. The maximum Gasteiger partial charge on any atom is 0.332 e. The number of hydrogen-bond acceptors (Lipinski definition) is 4. The Kier molecular flexibility index (Phi) is 4.91. The molecular weight excluding hydrogens is 308 g/mol. The van der Waals surface area contributed by atoms with Crippen LogP contribution in [-0.2, 0) is 25.3 Å². The summed E-state index contributed by atoms with van der Waals surface area (Å²) >= 11 is 0. The lowest BCUT2D eigenvalue weighted by molar-refractivity contribution is -0.121. The first kappa shape index (κ1) is 17.9. The van der Waals surface area contributed by atoms with E-state index in [-0.39, 0.29) is 17.5 Å². The zero-order valence-electron chi connectivity index (χ0n) is 15.1. The molecule has 1 amide bonds. The van der Waals surface area contributed by atoms with Crippen molar-refractivity contribution < 1.29 is 4.79 Å². The Hall–Kier alpha value is -2.44. The number of hydrogen-bond donors (Lipinski definition) is 1. The number of rotatable bonds is 4. The van der Waals surface area contributed by atoms with Gasteiger partial charge >= 0.3 is 5.69 Å². The minimum Gasteiger partial charge on any atom is -0.354 e. The van der Waals surface area contributed by atoms with Crippen molar-refractivity contribution in [2.75, 3.05) is 0 Å². The zero-order chi connectivity index (χ0) is 18.2. The van der Waals surface area contributed by atoms with Gasteiger partial charge in [-0.05, 0) is 45.2 Å². The van der Waals surface area contributed by atoms with Crippen LogP contribution in [0.2, 0.25) is 0 Å². The van der Waals surface area contributed by atoms with E-state index in [0.717, 1.165) is 21.4 Å². The monoisotopic (exact) mass is 332 g/mol. The van der Waals surface area contributed by atoms with E-state index < -0.39 is 5.69 Å². The minimum atomic E-state index is -0.400. The van der Waals surface area contributed by atoms with Crippen LogP contribution in [0.15, 0.2) is 9.59 Å². The van der Waals surface area contributed by atoms with Crippen LogP contribution in [-0.4, -0.2) is 26.1 Å². The number of aryl methyl sites for hydroxylation is 3. The summed E-state index contributed by atoms with van der Waals surface area (Å²) in [4.78, 5) is 40.9. The van der Waals surface area contributed by atoms with Gasteiger partial charge in [0.2, 0.25) is 5.91 Å². The third kappa shape index (κ3) is 3.11. The molecule has 2 aromatic heterocycles. The van der Waals surface area contributed by atoms with E-state index in [1.165, 1.54) is 11.6 Å². The topological polar surface area (TPSA) is 86.0 Å². The van der Waals surface area contributed by atoms with Crippen LogP contribution in [0.25, 0.3) is 11.0 Å². The number of nitrogens with zero attached hydrogens (tertiary/aromatic N) is 3. The second-order valence-electron chi connectivity index (χ2n) is 6.43. The van der Waals surface area contributed by atoms with Crippen molar-refractivity contribution in [3.05, 3.63) is 37.7 Å². The molecule has 2 heterocycles. The van der Waals surface area contributed by atoms with Gasteiger partial charge in [0.15, 0.2) is 0 Å². The molecule has 0 atom stereocenters. The molecule has 2 aromatic rings. The molecule has 7 heteroatoms. The standard InChI is InChI=1S/C17H24N4O3/c1-9(2)18-13(22)8-7-12-10(3)14-15(19-11(12)4)20(5)17(24)21(6)16(14)23/h9H,7-8H2,1-6H3,(H,18,22). The molecule has 0 radical (unpaired) electrons. The molecule has 0 aliphatic heterocycles. The molecule has 0 bridgehead atoms. The molecule has 0 aliphatic rings. The Bertz CT molecular complexity index is 922. The Morgan fingerprint density at radius 3 is 2.38 bits per heavy atom. The second kappa shape index (κ2) is 6.59. The van der Waals surface area contributed by atoms with Crippen LogP contribution >= 0.6 is 0 Å². The molecule has 0 saturated heterocycles. The predicted molar refractivity (Wildman–Crippen MR) is 93.3 cm³/mol. The van der Waals surface area contributed by atoms with E-state index in [1.807, 2.05) is 27.7 Å². The molecule has 0 unspecified atom stereocenters. The molecule has 130 valence electrons. The van der Waals surface area contributed by atoms with Gasteiger partial charge in [0.1, 0.15) is 5.65 Å². The van der Waals surface area contributed by atoms with Gasteiger partial charge in [-0.15, -0.1) is 0 Å². The molecular formula is C17H24N4O3. The number of amides is 1. The van der Waals surface area contributed by atoms with E-state index in [1.54, 1.807) is 7.05 Å². The van der Waals surface area contributed by atoms with Crippen LogP contribution in [0, 0.1) is 13.8 Å². The van der Waals surface area contributed by atoms with Crippen LogP contribution < -0.4 is 16.6 Å². The maximum absolute atomic E-state index is 12.5. The third-order valence-electron chi connectivity index (χ3n) is 4.22. The fourth-order valence-corrected chi connectivity index (χ4v) is 2.94. The summed E-state index contributed by atoms with van der Waals surface area (Å²) in [6, 6.07) is 0.0937. The van der Waals surface area contributed by atoms with Crippen molar-refractivity contribution in [2.24, 2.45) is 14.1 Å². The number of aromatic nitrogens is 3. The number of nitrogens with one attached hydrogen (secondary N) is 1. The number of carbonyl (C=O) groups excluding carboxylic acids is 1. The first-order valence-corrected chi connectivity index (χ1v) is 8.00. The van der Waals surface area contributed by atoms with E-state index >= 15 is 0 Å². The van der Waals surface area contributed by atoms with Crippen molar-refractivity contribution in [3.8, 4) is 0 Å². The average molecular weight is 332 g/mol. The smallest absolute Gasteiger partial charge is 0.332 e. The molecule has 0 aliphatic carbocycles. The van der Waals surface area contributed by atoms with E-state index in [9.17, 15) is 14.4 Å². The average Bonchev–Trinajstić information content (AvgIpc) is 2.49. The summed E-state index contributed by atoms with van der Waals surface area (Å²) in [7, 11) is 3.06. The summed E-state index contributed by atoms with van der Waals surface area (Å²) in [6.45, 7) is 7.51. The van der Waals surface area contributed by atoms with Gasteiger partial charge in [-0.2, -0.15) is 0 Å². The highest BCUT2D eigenvalue weighted by Gasteiger charge is 2.17. The normalized spacial score (nSPS) is 11.3. The van der Waals surface area contributed by atoms with Crippen molar-refractivity contribution in [1.29, 1.82) is 0 Å². The van der Waals surface area contributed by atoms with E-state index in [4.69, 9.17) is 0 Å². The van der Waals surface area contributed by atoms with Gasteiger partial charge in [0, 0.05) is 32.3 Å². The predicted octanol–water partition coefficient (Wildman–Crippen LogP) is 0.706. The number of fused-ring (bicyclic) bond motifs is 1. The lowest BCUT2D eigenvalue weighted by Gasteiger charge is -2.15. The van der Waals surface area contributed by atoms with Crippen LogP contribution in [0.5, 0.6) is 0 Å². The molecule has 0 fully saturated rings. The molecule has 24 heavy (non-hydrogen) atoms. The summed E-state index contributed by atoms with van der Waals surface area (Å²) in [5.74, 6) is -0.0303. The van der Waals surface area contributed by atoms with Crippen LogP contribution in [0.1, 0.15) is 37.1 Å². The zero-order valence-corrected chi connectivity index (χ0v) is 15.1. The Balaban J connectivity index is 2.56. The summed E-state index contributed by atoms with van der Waals surface area (Å²) in [6.07, 6.45) is 0.838. The van der Waals surface area contributed by atoms with Crippen molar-refractivity contribution in [2.45, 2.75) is 46.6 Å². The number of pyridine rings is 1. The first-order chi connectivity index (χ1) is 11.1. The van der Waals surface area contributed by atoms with Gasteiger partial charge in [-0.25, -0.2) is 9.78 Å². The number of carbonyl (C=O) groups is 1. The van der Waals surface area contributed by atoms with E-state index in [0.29, 0.717) is 23.9 Å². The largest absolute Gasteiger partial charge is 0.354 e. The van der Waals surface area contributed by atoms with Crippen LogP contribution in [0.4, 0.5) is 0 Å². The minimum absolute atomic E-state index is 0.0303. The van der Waals surface area contributed by atoms with Crippen LogP contribution in [0.3, 0.4) is 0 Å². The lowest BCUT2D eigenvalue weighted by atomic mass is 10.00. The molecule has 0 saturated carbocycles. The maximum atomic E-state index is 12.5. The highest BCUT2D eigenvalue weighted by Crippen LogP contribution is 2.20. The van der Waals surface area contributed by atoms with Crippen molar-refractivity contribution >= 4 is 16.9 Å². The third-order valence-corrected chi connectivity index (χ3v) is 4.22. The fourth-order valence-electron chi connectivity index (χ4n) is 2.94. The Morgan fingerprint density at radius 2 is 1.79 bits per heavy atom. The lowest BCUT2D eigenvalue weighted by Crippen LogP contribution is -2.38. The van der Waals surface area contributed by atoms with Crippen molar-refractivity contribution in [1.82, 2.24) is 19.4 Å². The Morgan fingerprint density at radius 1 is 1.17 bits per heavy atom.